The zero-order chi connectivity index (χ0) is 23.3. The summed E-state index contributed by atoms with van der Waals surface area (Å²) in [5.41, 5.74) is 1.18. The van der Waals surface area contributed by atoms with Crippen LogP contribution in [0.4, 0.5) is 4.39 Å². The molecule has 0 fully saturated rings. The minimum atomic E-state index is -0.747. The molecule has 7 heteroatoms. The Morgan fingerprint density at radius 3 is 2.45 bits per heavy atom. The van der Waals surface area contributed by atoms with Crippen LogP contribution in [0.2, 0.25) is 0 Å². The molecule has 3 atom stereocenters. The Bertz CT molecular complexity index is 944. The van der Waals surface area contributed by atoms with Gasteiger partial charge in [0.15, 0.2) is 23.0 Å². The molecule has 6 nitrogen and oxygen atoms in total. The Hall–Kier alpha value is -2.96. The maximum absolute atomic E-state index is 14.1. The molecular weight excluding hydrogens is 401 g/mol. The molecule has 0 amide bonds. The highest BCUT2D eigenvalue weighted by molar-refractivity contribution is 5.99. The molecule has 0 unspecified atom stereocenters. The molecule has 168 valence electrons. The van der Waals surface area contributed by atoms with Gasteiger partial charge in [-0.25, -0.2) is 9.37 Å². The first-order valence-corrected chi connectivity index (χ1v) is 10.3. The van der Waals surface area contributed by atoms with Crippen LogP contribution in [-0.2, 0) is 9.53 Å². The first-order valence-electron chi connectivity index (χ1n) is 10.3. The number of ketones is 1. The molecule has 0 spiro atoms. The Kier molecular flexibility index (Phi) is 8.14. The minimum Gasteiger partial charge on any atom is -0.503 e. The SMILES string of the molecule is COc1ccnc(C(=O)C[C@@H](C)C(=O)O[C@@H](C)[C@H](c2cccc(F)c2C)C(C)C)c1O. The Labute approximate surface area is 182 Å². The number of pyridine rings is 1. The van der Waals surface area contributed by atoms with Crippen LogP contribution in [-0.4, -0.2) is 35.1 Å². The van der Waals surface area contributed by atoms with Crippen LogP contribution < -0.4 is 4.74 Å². The number of aromatic hydroxyl groups is 1. The minimum absolute atomic E-state index is 0.0955. The van der Waals surface area contributed by atoms with Crippen LogP contribution in [0.25, 0.3) is 0 Å². The van der Waals surface area contributed by atoms with E-state index in [1.165, 1.54) is 25.4 Å². The molecule has 0 aliphatic carbocycles. The van der Waals surface area contributed by atoms with Gasteiger partial charge in [-0.15, -0.1) is 0 Å². The number of carbonyl (C=O) groups is 2. The van der Waals surface area contributed by atoms with Crippen molar-refractivity contribution in [2.45, 2.75) is 53.1 Å². The van der Waals surface area contributed by atoms with Gasteiger partial charge in [0.2, 0.25) is 0 Å². The van der Waals surface area contributed by atoms with Crippen LogP contribution in [0.1, 0.15) is 61.6 Å². The lowest BCUT2D eigenvalue weighted by Crippen LogP contribution is -2.30. The van der Waals surface area contributed by atoms with E-state index in [1.54, 1.807) is 26.8 Å². The molecule has 1 heterocycles. The van der Waals surface area contributed by atoms with Crippen molar-refractivity contribution in [3.8, 4) is 11.5 Å². The van der Waals surface area contributed by atoms with Crippen LogP contribution in [0, 0.1) is 24.6 Å². The summed E-state index contributed by atoms with van der Waals surface area (Å²) < 4.78 is 24.7. The van der Waals surface area contributed by atoms with E-state index in [1.807, 2.05) is 19.9 Å². The van der Waals surface area contributed by atoms with E-state index >= 15 is 0 Å². The topological polar surface area (TPSA) is 85.7 Å². The molecule has 1 aromatic carbocycles. The third kappa shape index (κ3) is 5.60. The second kappa shape index (κ2) is 10.4. The van der Waals surface area contributed by atoms with Gasteiger partial charge in [0.1, 0.15) is 11.9 Å². The fourth-order valence-electron chi connectivity index (χ4n) is 3.78. The second-order valence-corrected chi connectivity index (χ2v) is 8.10. The first kappa shape index (κ1) is 24.3. The van der Waals surface area contributed by atoms with Crippen LogP contribution >= 0.6 is 0 Å². The third-order valence-corrected chi connectivity index (χ3v) is 5.46. The maximum Gasteiger partial charge on any atom is 0.309 e. The fraction of sp³-hybridized carbons (Fsp3) is 0.458. The average molecular weight is 432 g/mol. The van der Waals surface area contributed by atoms with Crippen molar-refractivity contribution in [1.82, 2.24) is 4.98 Å². The van der Waals surface area contributed by atoms with Gasteiger partial charge >= 0.3 is 5.97 Å². The zero-order valence-corrected chi connectivity index (χ0v) is 18.8. The van der Waals surface area contributed by atoms with Crippen molar-refractivity contribution in [1.29, 1.82) is 0 Å². The van der Waals surface area contributed by atoms with Crippen molar-refractivity contribution in [3.05, 3.63) is 53.1 Å². The van der Waals surface area contributed by atoms with Gasteiger partial charge in [0, 0.05) is 24.6 Å². The highest BCUT2D eigenvalue weighted by atomic mass is 19.1. The number of benzene rings is 1. The highest BCUT2D eigenvalue weighted by Gasteiger charge is 2.30. The number of hydrogen-bond acceptors (Lipinski definition) is 6. The monoisotopic (exact) mass is 431 g/mol. The zero-order valence-electron chi connectivity index (χ0n) is 18.8. The first-order chi connectivity index (χ1) is 14.6. The quantitative estimate of drug-likeness (QED) is 0.452. The molecule has 0 radical (unpaired) electrons. The van der Waals surface area contributed by atoms with E-state index < -0.39 is 23.8 Å². The summed E-state index contributed by atoms with van der Waals surface area (Å²) in [6.07, 6.45) is 0.657. The lowest BCUT2D eigenvalue weighted by molar-refractivity contribution is -0.154. The molecule has 0 saturated carbocycles. The van der Waals surface area contributed by atoms with Gasteiger partial charge in [0.05, 0.1) is 13.0 Å². The molecule has 0 bridgehead atoms. The molecule has 31 heavy (non-hydrogen) atoms. The van der Waals surface area contributed by atoms with Crippen molar-refractivity contribution >= 4 is 11.8 Å². The summed E-state index contributed by atoms with van der Waals surface area (Å²) in [5, 5.41) is 10.1. The van der Waals surface area contributed by atoms with Crippen molar-refractivity contribution in [3.63, 3.8) is 0 Å². The molecule has 0 aliphatic rings. The predicted octanol–water partition coefficient (Wildman–Crippen LogP) is 4.82. The van der Waals surface area contributed by atoms with Crippen molar-refractivity contribution < 1.29 is 28.6 Å². The molecule has 0 saturated heterocycles. The van der Waals surface area contributed by atoms with Gasteiger partial charge < -0.3 is 14.6 Å². The number of ether oxygens (including phenoxy) is 2. The molecule has 0 aliphatic heterocycles. The van der Waals surface area contributed by atoms with E-state index in [9.17, 15) is 19.1 Å². The molecule has 1 aromatic heterocycles. The summed E-state index contributed by atoms with van der Waals surface area (Å²) in [4.78, 5) is 29.1. The van der Waals surface area contributed by atoms with Crippen LogP contribution in [0.5, 0.6) is 11.5 Å². The van der Waals surface area contributed by atoms with Crippen molar-refractivity contribution in [2.75, 3.05) is 7.11 Å². The van der Waals surface area contributed by atoms with Gasteiger partial charge in [0.25, 0.3) is 0 Å². The summed E-state index contributed by atoms with van der Waals surface area (Å²) in [5.74, 6) is -2.41. The number of hydrogen-bond donors (Lipinski definition) is 1. The lowest BCUT2D eigenvalue weighted by Gasteiger charge is -2.30. The van der Waals surface area contributed by atoms with E-state index in [0.29, 0.717) is 5.56 Å². The van der Waals surface area contributed by atoms with Crippen LogP contribution in [0.3, 0.4) is 0 Å². The van der Waals surface area contributed by atoms with Gasteiger partial charge in [-0.3, -0.25) is 9.59 Å². The van der Waals surface area contributed by atoms with E-state index in [2.05, 4.69) is 4.98 Å². The predicted molar refractivity (Wildman–Crippen MR) is 115 cm³/mol. The maximum atomic E-state index is 14.1. The average Bonchev–Trinajstić information content (AvgIpc) is 2.71. The smallest absolute Gasteiger partial charge is 0.309 e. The van der Waals surface area contributed by atoms with Gasteiger partial charge in [-0.2, -0.15) is 0 Å². The number of rotatable bonds is 9. The number of esters is 1. The summed E-state index contributed by atoms with van der Waals surface area (Å²) in [6.45, 7) is 9.05. The number of aromatic nitrogens is 1. The largest absolute Gasteiger partial charge is 0.503 e. The van der Waals surface area contributed by atoms with E-state index in [4.69, 9.17) is 9.47 Å². The summed E-state index contributed by atoms with van der Waals surface area (Å²) >= 11 is 0. The molecule has 1 N–H and O–H groups in total. The number of halogens is 1. The number of nitrogens with zero attached hydrogens (tertiary/aromatic N) is 1. The Morgan fingerprint density at radius 1 is 1.16 bits per heavy atom. The third-order valence-electron chi connectivity index (χ3n) is 5.46. The van der Waals surface area contributed by atoms with Crippen LogP contribution in [0.15, 0.2) is 30.5 Å². The molecule has 2 rings (SSSR count). The fourth-order valence-corrected chi connectivity index (χ4v) is 3.78. The Balaban J connectivity index is 2.12. The molecule has 2 aromatic rings. The summed E-state index contributed by atoms with van der Waals surface area (Å²) in [6, 6.07) is 6.34. The number of Topliss-reactive ketones (excluding diaryl/α,β-unsaturated/α-hetero) is 1. The summed E-state index contributed by atoms with van der Waals surface area (Å²) in [7, 11) is 1.37. The van der Waals surface area contributed by atoms with E-state index in [-0.39, 0.29) is 41.3 Å². The lowest BCUT2D eigenvalue weighted by atomic mass is 9.82. The van der Waals surface area contributed by atoms with E-state index in [0.717, 1.165) is 5.56 Å². The highest BCUT2D eigenvalue weighted by Crippen LogP contribution is 2.34. The second-order valence-electron chi connectivity index (χ2n) is 8.10. The number of carbonyl (C=O) groups excluding carboxylic acids is 2. The molecular formula is C24H30FNO5. The van der Waals surface area contributed by atoms with Gasteiger partial charge in [-0.05, 0) is 37.0 Å². The van der Waals surface area contributed by atoms with Crippen molar-refractivity contribution in [2.24, 2.45) is 11.8 Å². The van der Waals surface area contributed by atoms with Gasteiger partial charge in [-0.1, -0.05) is 32.9 Å². The number of methoxy groups -OCH3 is 1. The Morgan fingerprint density at radius 2 is 1.84 bits per heavy atom. The normalized spacial score (nSPS) is 14.1. The standard InChI is InChI=1S/C24H30FNO5/c1-13(2)21(17-8-7-9-18(25)15(17)4)16(5)31-24(29)14(3)12-19(27)22-23(28)20(30-6)10-11-26-22/h7-11,13-14,16,21,28H,12H2,1-6H3/t14-,16+,21-/m1/s1.